The molecule has 25 heavy (non-hydrogen) atoms. The zero-order chi connectivity index (χ0) is 18.3. The van der Waals surface area contributed by atoms with Gasteiger partial charge in [-0.1, -0.05) is 12.1 Å². The fourth-order valence-corrected chi connectivity index (χ4v) is 2.79. The van der Waals surface area contributed by atoms with Crippen molar-refractivity contribution in [3.05, 3.63) is 54.1 Å². The lowest BCUT2D eigenvalue weighted by atomic mass is 10.1. The van der Waals surface area contributed by atoms with Crippen LogP contribution in [0.4, 0.5) is 5.69 Å². The van der Waals surface area contributed by atoms with Gasteiger partial charge in [-0.05, 0) is 48.4 Å². The average Bonchev–Trinajstić information content (AvgIpc) is 2.56. The van der Waals surface area contributed by atoms with Crippen LogP contribution in [0.1, 0.15) is 12.0 Å². The summed E-state index contributed by atoms with van der Waals surface area (Å²) in [4.78, 5) is 12.0. The standard InChI is InChI=1S/C18H22N2O4S/c1-25(22,23)17-8-6-16(7-9-17)24-13-11-18(21)20-12-10-14-2-4-15(19)5-3-14/h2-9H,10-13,19H2,1H3,(H,20,21). The van der Waals surface area contributed by atoms with Crippen molar-refractivity contribution in [2.24, 2.45) is 0 Å². The molecule has 0 radical (unpaired) electrons. The number of ether oxygens (including phenoxy) is 1. The molecule has 0 fully saturated rings. The summed E-state index contributed by atoms with van der Waals surface area (Å²) < 4.78 is 28.2. The van der Waals surface area contributed by atoms with E-state index in [0.29, 0.717) is 12.3 Å². The molecule has 7 heteroatoms. The van der Waals surface area contributed by atoms with Crippen LogP contribution in [0.15, 0.2) is 53.4 Å². The maximum atomic E-state index is 11.8. The number of amides is 1. The molecule has 0 saturated carbocycles. The van der Waals surface area contributed by atoms with Crippen molar-refractivity contribution < 1.29 is 17.9 Å². The summed E-state index contributed by atoms with van der Waals surface area (Å²) in [6.45, 7) is 0.776. The van der Waals surface area contributed by atoms with Gasteiger partial charge in [-0.3, -0.25) is 4.79 Å². The predicted octanol–water partition coefficient (Wildman–Crippen LogP) is 1.80. The molecular weight excluding hydrogens is 340 g/mol. The fourth-order valence-electron chi connectivity index (χ4n) is 2.16. The third kappa shape index (κ3) is 6.46. The zero-order valence-corrected chi connectivity index (χ0v) is 14.9. The molecule has 2 rings (SSSR count). The highest BCUT2D eigenvalue weighted by Gasteiger charge is 2.07. The van der Waals surface area contributed by atoms with Crippen molar-refractivity contribution in [1.82, 2.24) is 5.32 Å². The van der Waals surface area contributed by atoms with Gasteiger partial charge in [-0.2, -0.15) is 0 Å². The van der Waals surface area contributed by atoms with E-state index in [9.17, 15) is 13.2 Å². The number of rotatable bonds is 8. The van der Waals surface area contributed by atoms with E-state index in [1.54, 1.807) is 12.1 Å². The fraction of sp³-hybridized carbons (Fsp3) is 0.278. The van der Waals surface area contributed by atoms with Crippen molar-refractivity contribution in [1.29, 1.82) is 0 Å². The SMILES string of the molecule is CS(=O)(=O)c1ccc(OCCC(=O)NCCc2ccc(N)cc2)cc1. The lowest BCUT2D eigenvalue weighted by molar-refractivity contribution is -0.121. The Hall–Kier alpha value is -2.54. The Morgan fingerprint density at radius 3 is 2.32 bits per heavy atom. The molecule has 0 spiro atoms. The van der Waals surface area contributed by atoms with Crippen LogP contribution in [0.3, 0.4) is 0 Å². The number of hydrogen-bond acceptors (Lipinski definition) is 5. The quantitative estimate of drug-likeness (QED) is 0.698. The number of nitrogens with two attached hydrogens (primary N) is 1. The number of nitrogens with one attached hydrogen (secondary N) is 1. The van der Waals surface area contributed by atoms with Gasteiger partial charge in [0.05, 0.1) is 17.9 Å². The Balaban J connectivity index is 1.67. The maximum absolute atomic E-state index is 11.8. The summed E-state index contributed by atoms with van der Waals surface area (Å²) in [5.74, 6) is 0.435. The van der Waals surface area contributed by atoms with E-state index in [1.807, 2.05) is 24.3 Å². The first kappa shape index (κ1) is 18.8. The van der Waals surface area contributed by atoms with Crippen LogP contribution in [0.25, 0.3) is 0 Å². The van der Waals surface area contributed by atoms with Gasteiger partial charge in [0.2, 0.25) is 5.91 Å². The molecule has 0 heterocycles. The predicted molar refractivity (Wildman–Crippen MR) is 97.2 cm³/mol. The normalized spacial score (nSPS) is 11.1. The highest BCUT2D eigenvalue weighted by Crippen LogP contribution is 2.15. The van der Waals surface area contributed by atoms with Gasteiger partial charge < -0.3 is 15.8 Å². The minimum Gasteiger partial charge on any atom is -0.493 e. The second kappa shape index (κ2) is 8.53. The Morgan fingerprint density at radius 1 is 1.08 bits per heavy atom. The molecular formula is C18H22N2O4S. The van der Waals surface area contributed by atoms with Crippen LogP contribution in [-0.2, 0) is 21.1 Å². The van der Waals surface area contributed by atoms with Crippen molar-refractivity contribution in [2.45, 2.75) is 17.7 Å². The van der Waals surface area contributed by atoms with Crippen molar-refractivity contribution >= 4 is 21.4 Å². The monoisotopic (exact) mass is 362 g/mol. The lowest BCUT2D eigenvalue weighted by Gasteiger charge is -2.08. The van der Waals surface area contributed by atoms with Gasteiger partial charge in [0.15, 0.2) is 9.84 Å². The van der Waals surface area contributed by atoms with Crippen molar-refractivity contribution in [3.63, 3.8) is 0 Å². The topological polar surface area (TPSA) is 98.5 Å². The highest BCUT2D eigenvalue weighted by atomic mass is 32.2. The number of benzene rings is 2. The molecule has 0 aromatic heterocycles. The van der Waals surface area contributed by atoms with E-state index in [1.165, 1.54) is 12.1 Å². The Labute approximate surface area is 147 Å². The summed E-state index contributed by atoms with van der Waals surface area (Å²) in [5.41, 5.74) is 7.45. The summed E-state index contributed by atoms with van der Waals surface area (Å²) in [6.07, 6.45) is 2.12. The third-order valence-electron chi connectivity index (χ3n) is 3.57. The summed E-state index contributed by atoms with van der Waals surface area (Å²) >= 11 is 0. The Kier molecular flexibility index (Phi) is 6.41. The van der Waals surface area contributed by atoms with E-state index >= 15 is 0 Å². The third-order valence-corrected chi connectivity index (χ3v) is 4.69. The number of anilines is 1. The Bertz CT molecular complexity index is 800. The Morgan fingerprint density at radius 2 is 1.72 bits per heavy atom. The smallest absolute Gasteiger partial charge is 0.223 e. The van der Waals surface area contributed by atoms with E-state index in [-0.39, 0.29) is 23.8 Å². The maximum Gasteiger partial charge on any atom is 0.223 e. The molecule has 0 aliphatic heterocycles. The molecule has 0 bridgehead atoms. The minimum atomic E-state index is -3.22. The molecule has 0 aliphatic carbocycles. The molecule has 2 aromatic carbocycles. The number of sulfone groups is 1. The molecule has 0 saturated heterocycles. The van der Waals surface area contributed by atoms with Gasteiger partial charge in [-0.15, -0.1) is 0 Å². The van der Waals surface area contributed by atoms with Crippen LogP contribution in [0.2, 0.25) is 0 Å². The summed E-state index contributed by atoms with van der Waals surface area (Å²) in [6, 6.07) is 13.7. The van der Waals surface area contributed by atoms with Crippen LogP contribution >= 0.6 is 0 Å². The number of hydrogen-bond donors (Lipinski definition) is 2. The molecule has 134 valence electrons. The molecule has 0 unspecified atom stereocenters. The largest absolute Gasteiger partial charge is 0.493 e. The first-order valence-corrected chi connectivity index (χ1v) is 9.78. The number of carbonyl (C=O) groups is 1. The molecule has 0 aliphatic rings. The van der Waals surface area contributed by atoms with Crippen molar-refractivity contribution in [3.8, 4) is 5.75 Å². The minimum absolute atomic E-state index is 0.0943. The number of carbonyl (C=O) groups excluding carboxylic acids is 1. The number of nitrogen functional groups attached to an aromatic ring is 1. The van der Waals surface area contributed by atoms with Crippen LogP contribution in [0.5, 0.6) is 5.75 Å². The van der Waals surface area contributed by atoms with Crippen molar-refractivity contribution in [2.75, 3.05) is 25.1 Å². The molecule has 0 atom stereocenters. The second-order valence-corrected chi connectivity index (χ2v) is 7.70. The van der Waals surface area contributed by atoms with Crippen LogP contribution < -0.4 is 15.8 Å². The van der Waals surface area contributed by atoms with Gasteiger partial charge in [-0.25, -0.2) is 8.42 Å². The zero-order valence-electron chi connectivity index (χ0n) is 14.1. The first-order chi connectivity index (χ1) is 11.8. The molecule has 1 amide bonds. The van der Waals surface area contributed by atoms with Gasteiger partial charge in [0, 0.05) is 18.5 Å². The van der Waals surface area contributed by atoms with E-state index < -0.39 is 9.84 Å². The van der Waals surface area contributed by atoms with Gasteiger partial charge in [0.1, 0.15) is 5.75 Å². The molecule has 3 N–H and O–H groups in total. The van der Waals surface area contributed by atoms with Crippen LogP contribution in [-0.4, -0.2) is 33.7 Å². The van der Waals surface area contributed by atoms with E-state index in [4.69, 9.17) is 10.5 Å². The van der Waals surface area contributed by atoms with Gasteiger partial charge >= 0.3 is 0 Å². The van der Waals surface area contributed by atoms with E-state index in [2.05, 4.69) is 5.32 Å². The summed E-state index contributed by atoms with van der Waals surface area (Å²) in [7, 11) is -3.22. The average molecular weight is 362 g/mol. The van der Waals surface area contributed by atoms with Gasteiger partial charge in [0.25, 0.3) is 0 Å². The summed E-state index contributed by atoms with van der Waals surface area (Å²) in [5, 5.41) is 2.83. The van der Waals surface area contributed by atoms with Crippen LogP contribution in [0, 0.1) is 0 Å². The lowest BCUT2D eigenvalue weighted by Crippen LogP contribution is -2.27. The van der Waals surface area contributed by atoms with E-state index in [0.717, 1.165) is 23.9 Å². The first-order valence-electron chi connectivity index (χ1n) is 7.88. The highest BCUT2D eigenvalue weighted by molar-refractivity contribution is 7.90. The molecule has 6 nitrogen and oxygen atoms in total. The molecule has 2 aromatic rings. The second-order valence-electron chi connectivity index (χ2n) is 5.68.